The molecule has 0 unspecified atom stereocenters. The monoisotopic (exact) mass is 222 g/mol. The average Bonchev–Trinajstić information content (AvgIpc) is 2.06. The van der Waals surface area contributed by atoms with E-state index < -0.39 is 10.1 Å². The molecule has 0 bridgehead atoms. The predicted octanol–water partition coefficient (Wildman–Crippen LogP) is -1.45. The van der Waals surface area contributed by atoms with Gasteiger partial charge in [-0.2, -0.15) is 44.8 Å². The van der Waals surface area contributed by atoms with E-state index in [1.807, 2.05) is 30.3 Å². The first kappa shape index (κ1) is 16.3. The van der Waals surface area contributed by atoms with Crippen LogP contribution >= 0.6 is 0 Å². The Morgan fingerprint density at radius 2 is 1.79 bits per heavy atom. The largest absolute Gasteiger partial charge is 1.00 e. The second-order valence-corrected chi connectivity index (χ2v) is 3.61. The van der Waals surface area contributed by atoms with Crippen molar-refractivity contribution in [3.63, 3.8) is 0 Å². The number of hydrogen-bond donors (Lipinski definition) is 1. The molecule has 5 heteroatoms. The summed E-state index contributed by atoms with van der Waals surface area (Å²) in [6.07, 6.45) is 1.12. The van der Waals surface area contributed by atoms with Crippen molar-refractivity contribution >= 4 is 10.1 Å². The molecule has 0 radical (unpaired) electrons. The number of benzene rings is 1. The maximum atomic E-state index is 9.72. The minimum absolute atomic E-state index is 0. The molecule has 0 aliphatic heterocycles. The Balaban J connectivity index is 0. The van der Waals surface area contributed by atoms with Gasteiger partial charge in [0, 0.05) is 0 Å². The summed E-state index contributed by atoms with van der Waals surface area (Å²) < 4.78 is 27.3. The average molecular weight is 222 g/mol. The Labute approximate surface area is 107 Å². The summed E-state index contributed by atoms with van der Waals surface area (Å²) in [6, 6.07) is 12.5. The zero-order valence-electron chi connectivity index (χ0n) is 8.05. The van der Waals surface area contributed by atoms with E-state index in [0.29, 0.717) is 0 Å². The Morgan fingerprint density at radius 3 is 1.86 bits per heavy atom. The molecule has 1 aromatic rings. The van der Waals surface area contributed by atoms with E-state index in [2.05, 4.69) is 12.6 Å². The molecular weight excluding hydrogens is 211 g/mol. The first-order valence-corrected chi connectivity index (χ1v) is 5.14. The van der Waals surface area contributed by atoms with Crippen LogP contribution in [0.1, 0.15) is 0 Å². The summed E-state index contributed by atoms with van der Waals surface area (Å²) in [6.45, 7) is 3.11. The molecule has 0 aliphatic carbocycles. The minimum atomic E-state index is -3.79. The fraction of sp³-hybridized carbons (Fsp3) is 0.111. The van der Waals surface area contributed by atoms with E-state index in [-0.39, 0.29) is 35.3 Å². The van der Waals surface area contributed by atoms with Gasteiger partial charge in [-0.05, 0) is 0 Å². The molecule has 72 valence electrons. The van der Waals surface area contributed by atoms with Gasteiger partial charge >= 0.3 is 29.6 Å². The van der Waals surface area contributed by atoms with E-state index in [1.54, 1.807) is 0 Å². The van der Waals surface area contributed by atoms with Gasteiger partial charge in [0.2, 0.25) is 0 Å². The predicted molar refractivity (Wildman–Crippen MR) is 51.9 cm³/mol. The van der Waals surface area contributed by atoms with E-state index in [0.717, 1.165) is 6.08 Å². The van der Waals surface area contributed by atoms with Crippen molar-refractivity contribution in [1.29, 1.82) is 0 Å². The number of rotatable bonds is 2. The Bertz CT molecular complexity index is 294. The van der Waals surface area contributed by atoms with Gasteiger partial charge in [0.05, 0.1) is 5.75 Å². The van der Waals surface area contributed by atoms with Crippen LogP contribution < -0.4 is 29.6 Å². The van der Waals surface area contributed by atoms with Crippen molar-refractivity contribution in [2.75, 3.05) is 5.75 Å². The maximum Gasteiger partial charge on any atom is 1.00 e. The van der Waals surface area contributed by atoms with Crippen molar-refractivity contribution in [2.45, 2.75) is 0 Å². The van der Waals surface area contributed by atoms with Crippen LogP contribution in [-0.4, -0.2) is 18.7 Å². The minimum Gasteiger partial charge on any atom is -0.285 e. The van der Waals surface area contributed by atoms with Crippen LogP contribution in [0.25, 0.3) is 0 Å². The Hall–Kier alpha value is -0.130. The molecule has 1 aromatic carbocycles. The summed E-state index contributed by atoms with van der Waals surface area (Å²) in [5.41, 5.74) is 0. The first-order chi connectivity index (χ1) is 6.06. The molecule has 3 nitrogen and oxygen atoms in total. The van der Waals surface area contributed by atoms with Crippen LogP contribution in [0.2, 0.25) is 0 Å². The van der Waals surface area contributed by atoms with Crippen molar-refractivity contribution in [3.8, 4) is 0 Å². The van der Waals surface area contributed by atoms with Crippen LogP contribution in [0.15, 0.2) is 43.0 Å². The smallest absolute Gasteiger partial charge is 0.285 e. The van der Waals surface area contributed by atoms with Crippen LogP contribution in [0.3, 0.4) is 0 Å². The standard InChI is InChI=1S/C6H5.C3H6O3S.Na/c1-2-4-6-5-3-1;1-2-3-7(4,5)6;/h1-5H;2H,1,3H2,(H,4,5,6);/q-1;;+1. The van der Waals surface area contributed by atoms with Gasteiger partial charge in [-0.25, -0.2) is 0 Å². The molecular formula is C9H11NaO3S. The molecule has 0 spiro atoms. The molecule has 0 saturated carbocycles. The maximum absolute atomic E-state index is 9.72. The SMILES string of the molecule is C=CCS(=O)(=O)O.[Na+].[c-]1ccccc1. The fourth-order valence-corrected chi connectivity index (χ4v) is 0.789. The summed E-state index contributed by atoms with van der Waals surface area (Å²) >= 11 is 0. The molecule has 0 aromatic heterocycles. The molecule has 0 saturated heterocycles. The van der Waals surface area contributed by atoms with Crippen molar-refractivity contribution in [2.24, 2.45) is 0 Å². The van der Waals surface area contributed by atoms with Gasteiger partial charge in [-0.15, -0.1) is 6.58 Å². The molecule has 0 aliphatic rings. The summed E-state index contributed by atoms with van der Waals surface area (Å²) in [5, 5.41) is 0. The number of hydrogen-bond acceptors (Lipinski definition) is 2. The van der Waals surface area contributed by atoms with Crippen molar-refractivity contribution in [1.82, 2.24) is 0 Å². The summed E-state index contributed by atoms with van der Waals surface area (Å²) in [5.74, 6) is -0.368. The van der Waals surface area contributed by atoms with E-state index in [9.17, 15) is 8.42 Å². The van der Waals surface area contributed by atoms with E-state index in [4.69, 9.17) is 4.55 Å². The third-order valence-corrected chi connectivity index (χ3v) is 1.59. The molecule has 1 rings (SSSR count). The van der Waals surface area contributed by atoms with Gasteiger partial charge in [-0.1, -0.05) is 6.08 Å². The third kappa shape index (κ3) is 14.4. The van der Waals surface area contributed by atoms with Gasteiger partial charge in [0.15, 0.2) is 0 Å². The van der Waals surface area contributed by atoms with Crippen molar-refractivity contribution in [3.05, 3.63) is 49.1 Å². The van der Waals surface area contributed by atoms with Crippen LogP contribution in [0.5, 0.6) is 0 Å². The first-order valence-electron chi connectivity index (χ1n) is 3.53. The van der Waals surface area contributed by atoms with Gasteiger partial charge in [0.25, 0.3) is 10.1 Å². The second-order valence-electron chi connectivity index (χ2n) is 2.11. The zero-order valence-corrected chi connectivity index (χ0v) is 10.9. The molecule has 0 heterocycles. The molecule has 0 atom stereocenters. The van der Waals surface area contributed by atoms with E-state index >= 15 is 0 Å². The Morgan fingerprint density at radius 1 is 1.29 bits per heavy atom. The van der Waals surface area contributed by atoms with Gasteiger partial charge in [0.1, 0.15) is 0 Å². The normalized spacial score (nSPS) is 8.93. The summed E-state index contributed by atoms with van der Waals surface area (Å²) in [4.78, 5) is 0. The fourth-order valence-electron chi connectivity index (χ4n) is 0.491. The van der Waals surface area contributed by atoms with Crippen LogP contribution in [0.4, 0.5) is 0 Å². The van der Waals surface area contributed by atoms with Crippen LogP contribution in [0, 0.1) is 6.07 Å². The Kier molecular flexibility index (Phi) is 11.0. The molecule has 1 N–H and O–H groups in total. The van der Waals surface area contributed by atoms with Crippen molar-refractivity contribution < 1.29 is 42.5 Å². The third-order valence-electron chi connectivity index (χ3n) is 0.936. The molecule has 14 heavy (non-hydrogen) atoms. The zero-order chi connectivity index (χ0) is 10.2. The second kappa shape index (κ2) is 9.43. The molecule has 0 amide bonds. The van der Waals surface area contributed by atoms with E-state index in [1.165, 1.54) is 0 Å². The van der Waals surface area contributed by atoms with Gasteiger partial charge in [-0.3, -0.25) is 4.55 Å². The topological polar surface area (TPSA) is 54.4 Å². The quantitative estimate of drug-likeness (QED) is 0.288. The summed E-state index contributed by atoms with van der Waals surface area (Å²) in [7, 11) is -3.79. The molecule has 0 fully saturated rings. The van der Waals surface area contributed by atoms with Crippen LogP contribution in [-0.2, 0) is 10.1 Å². The van der Waals surface area contributed by atoms with Gasteiger partial charge < -0.3 is 0 Å².